The number of hydrogen-bond donors (Lipinski definition) is 1. The number of aryl methyl sites for hydroxylation is 2. The number of fused-ring (bicyclic) bond motifs is 1. The summed E-state index contributed by atoms with van der Waals surface area (Å²) in [5.74, 6) is 0.0146. The molecule has 1 aliphatic rings. The number of anilines is 1. The van der Waals surface area contributed by atoms with Crippen LogP contribution in [0.5, 0.6) is 0 Å². The molecule has 1 aliphatic heterocycles. The number of carbonyl (C=O) groups is 1. The highest BCUT2D eigenvalue weighted by Crippen LogP contribution is 2.39. The van der Waals surface area contributed by atoms with E-state index in [2.05, 4.69) is 10.4 Å². The van der Waals surface area contributed by atoms with Crippen molar-refractivity contribution < 1.29 is 9.18 Å². The summed E-state index contributed by atoms with van der Waals surface area (Å²) < 4.78 is 15.6. The average molecular weight is 259 g/mol. The van der Waals surface area contributed by atoms with Crippen LogP contribution in [-0.4, -0.2) is 15.7 Å². The predicted octanol–water partition coefficient (Wildman–Crippen LogP) is 2.34. The normalized spacial score (nSPS) is 18.1. The Balaban J connectivity index is 2.19. The molecule has 0 saturated carbocycles. The second kappa shape index (κ2) is 4.19. The van der Waals surface area contributed by atoms with E-state index >= 15 is 0 Å². The van der Waals surface area contributed by atoms with Gasteiger partial charge in [-0.25, -0.2) is 4.39 Å². The molecule has 19 heavy (non-hydrogen) atoms. The molecule has 0 fully saturated rings. The first kappa shape index (κ1) is 11.9. The molecule has 0 bridgehead atoms. The largest absolute Gasteiger partial charge is 0.311 e. The third-order valence-corrected chi connectivity index (χ3v) is 3.54. The molecule has 1 aromatic heterocycles. The summed E-state index contributed by atoms with van der Waals surface area (Å²) in [7, 11) is 1.77. The van der Waals surface area contributed by atoms with Gasteiger partial charge in [0.25, 0.3) is 0 Å². The maximum Gasteiger partial charge on any atom is 0.226 e. The third-order valence-electron chi connectivity index (χ3n) is 3.54. The molecular formula is C14H14FN3O. The smallest absolute Gasteiger partial charge is 0.226 e. The molecule has 0 aliphatic carbocycles. The van der Waals surface area contributed by atoms with Gasteiger partial charge in [0.1, 0.15) is 11.6 Å². The van der Waals surface area contributed by atoms with E-state index in [9.17, 15) is 9.18 Å². The van der Waals surface area contributed by atoms with Crippen molar-refractivity contribution in [1.82, 2.24) is 9.78 Å². The number of halogens is 1. The van der Waals surface area contributed by atoms with Crippen molar-refractivity contribution in [2.45, 2.75) is 19.3 Å². The molecule has 0 saturated heterocycles. The number of carbonyl (C=O) groups excluding carboxylic acids is 1. The first-order chi connectivity index (χ1) is 9.08. The first-order valence-corrected chi connectivity index (χ1v) is 6.15. The number of nitrogens with one attached hydrogen (secondary N) is 1. The van der Waals surface area contributed by atoms with E-state index in [0.717, 1.165) is 11.3 Å². The van der Waals surface area contributed by atoms with Crippen molar-refractivity contribution in [3.8, 4) is 0 Å². The van der Waals surface area contributed by atoms with Crippen molar-refractivity contribution in [3.63, 3.8) is 0 Å². The van der Waals surface area contributed by atoms with Crippen LogP contribution in [0.1, 0.15) is 29.2 Å². The van der Waals surface area contributed by atoms with Crippen molar-refractivity contribution >= 4 is 11.7 Å². The van der Waals surface area contributed by atoms with E-state index in [0.29, 0.717) is 11.4 Å². The number of rotatable bonds is 1. The molecular weight excluding hydrogens is 245 g/mol. The Morgan fingerprint density at radius 2 is 2.16 bits per heavy atom. The molecule has 1 N–H and O–H groups in total. The molecule has 0 spiro atoms. The topological polar surface area (TPSA) is 46.9 Å². The highest BCUT2D eigenvalue weighted by Gasteiger charge is 2.32. The number of hydrogen-bond acceptors (Lipinski definition) is 2. The molecule has 1 unspecified atom stereocenters. The van der Waals surface area contributed by atoms with Crippen LogP contribution in [0.25, 0.3) is 0 Å². The number of benzene rings is 1. The van der Waals surface area contributed by atoms with Crippen LogP contribution in [0.15, 0.2) is 24.3 Å². The summed E-state index contributed by atoms with van der Waals surface area (Å²) in [5.41, 5.74) is 2.28. The molecule has 5 heteroatoms. The van der Waals surface area contributed by atoms with Gasteiger partial charge in [0.2, 0.25) is 5.91 Å². The van der Waals surface area contributed by atoms with E-state index in [1.807, 2.05) is 6.92 Å². The maximum absolute atomic E-state index is 14.0. The third kappa shape index (κ3) is 1.82. The van der Waals surface area contributed by atoms with Gasteiger partial charge in [0, 0.05) is 24.9 Å². The molecule has 1 aromatic carbocycles. The molecule has 2 heterocycles. The van der Waals surface area contributed by atoms with Gasteiger partial charge in [0.05, 0.1) is 5.69 Å². The summed E-state index contributed by atoms with van der Waals surface area (Å²) in [6, 6.07) is 6.59. The van der Waals surface area contributed by atoms with Crippen molar-refractivity contribution in [1.29, 1.82) is 0 Å². The molecule has 4 nitrogen and oxygen atoms in total. The van der Waals surface area contributed by atoms with Crippen molar-refractivity contribution in [3.05, 3.63) is 46.9 Å². The fraction of sp³-hybridized carbons (Fsp3) is 0.286. The second-order valence-electron chi connectivity index (χ2n) is 4.80. The SMILES string of the molecule is Cc1nn(C)c2c1C(c1ccccc1F)CC(=O)N2. The summed E-state index contributed by atoms with van der Waals surface area (Å²) in [5, 5.41) is 7.12. The lowest BCUT2D eigenvalue weighted by Gasteiger charge is -2.24. The lowest BCUT2D eigenvalue weighted by Crippen LogP contribution is -2.25. The van der Waals surface area contributed by atoms with Crippen LogP contribution < -0.4 is 5.32 Å². The van der Waals surface area contributed by atoms with Gasteiger partial charge in [-0.05, 0) is 18.6 Å². The summed E-state index contributed by atoms with van der Waals surface area (Å²) >= 11 is 0. The van der Waals surface area contributed by atoms with E-state index in [1.54, 1.807) is 29.9 Å². The molecule has 1 amide bonds. The molecule has 98 valence electrons. The van der Waals surface area contributed by atoms with Crippen LogP contribution in [0.2, 0.25) is 0 Å². The standard InChI is InChI=1S/C14H14FN3O/c1-8-13-10(9-5-3-4-6-11(9)15)7-12(19)16-14(13)18(2)17-8/h3-6,10H,7H2,1-2H3,(H,16,19). The number of nitrogens with zero attached hydrogens (tertiary/aromatic N) is 2. The van der Waals surface area contributed by atoms with E-state index < -0.39 is 0 Å². The van der Waals surface area contributed by atoms with Gasteiger partial charge in [-0.2, -0.15) is 5.10 Å². The van der Waals surface area contributed by atoms with Gasteiger partial charge in [-0.3, -0.25) is 9.48 Å². The fourth-order valence-corrected chi connectivity index (χ4v) is 2.73. The second-order valence-corrected chi connectivity index (χ2v) is 4.80. The average Bonchev–Trinajstić information content (AvgIpc) is 2.65. The lowest BCUT2D eigenvalue weighted by atomic mass is 9.85. The Hall–Kier alpha value is -2.17. The first-order valence-electron chi connectivity index (χ1n) is 6.15. The summed E-state index contributed by atoms with van der Waals surface area (Å²) in [6.45, 7) is 1.88. The quantitative estimate of drug-likeness (QED) is 0.854. The Bertz CT molecular complexity index is 663. The highest BCUT2D eigenvalue weighted by molar-refractivity contribution is 5.94. The Morgan fingerprint density at radius 1 is 1.42 bits per heavy atom. The van der Waals surface area contributed by atoms with Crippen molar-refractivity contribution in [2.75, 3.05) is 5.32 Å². The molecule has 1 atom stereocenters. The van der Waals surface area contributed by atoms with Crippen molar-refractivity contribution in [2.24, 2.45) is 7.05 Å². The minimum Gasteiger partial charge on any atom is -0.311 e. The lowest BCUT2D eigenvalue weighted by molar-refractivity contribution is -0.116. The van der Waals surface area contributed by atoms with Crippen LogP contribution in [0.4, 0.5) is 10.2 Å². The summed E-state index contributed by atoms with van der Waals surface area (Å²) in [4.78, 5) is 11.8. The van der Waals surface area contributed by atoms with E-state index in [-0.39, 0.29) is 24.1 Å². The van der Waals surface area contributed by atoms with Gasteiger partial charge in [-0.15, -0.1) is 0 Å². The molecule has 2 aromatic rings. The fourth-order valence-electron chi connectivity index (χ4n) is 2.73. The van der Waals surface area contributed by atoms with Gasteiger partial charge >= 0.3 is 0 Å². The van der Waals surface area contributed by atoms with E-state index in [4.69, 9.17) is 0 Å². The zero-order valence-corrected chi connectivity index (χ0v) is 10.8. The zero-order valence-electron chi connectivity index (χ0n) is 10.8. The van der Waals surface area contributed by atoms with Crippen LogP contribution >= 0.6 is 0 Å². The van der Waals surface area contributed by atoms with E-state index in [1.165, 1.54) is 6.07 Å². The number of aromatic nitrogens is 2. The minimum absolute atomic E-state index is 0.108. The van der Waals surface area contributed by atoms with Crippen LogP contribution in [0, 0.1) is 12.7 Å². The maximum atomic E-state index is 14.0. The Morgan fingerprint density at radius 3 is 2.89 bits per heavy atom. The highest BCUT2D eigenvalue weighted by atomic mass is 19.1. The van der Waals surface area contributed by atoms with Crippen LogP contribution in [0.3, 0.4) is 0 Å². The molecule has 3 rings (SSSR count). The summed E-state index contributed by atoms with van der Waals surface area (Å²) in [6.07, 6.45) is 0.250. The van der Waals surface area contributed by atoms with Crippen LogP contribution in [-0.2, 0) is 11.8 Å². The molecule has 0 radical (unpaired) electrons. The van der Waals surface area contributed by atoms with Gasteiger partial charge in [-0.1, -0.05) is 18.2 Å². The number of amides is 1. The Kier molecular flexibility index (Phi) is 2.62. The van der Waals surface area contributed by atoms with Gasteiger partial charge in [0.15, 0.2) is 0 Å². The monoisotopic (exact) mass is 259 g/mol. The van der Waals surface area contributed by atoms with Gasteiger partial charge < -0.3 is 5.32 Å². The minimum atomic E-state index is -0.281. The Labute approximate surface area is 110 Å². The zero-order chi connectivity index (χ0) is 13.6. The predicted molar refractivity (Wildman–Crippen MR) is 69.4 cm³/mol.